The van der Waals surface area contributed by atoms with Crippen LogP contribution >= 0.6 is 0 Å². The number of hydrogen-bond acceptors (Lipinski definition) is 5. The summed E-state index contributed by atoms with van der Waals surface area (Å²) in [6, 6.07) is 2.52. The molecule has 0 amide bonds. The molecule has 146 valence electrons. The highest BCUT2D eigenvalue weighted by atomic mass is 15.2. The first-order chi connectivity index (χ1) is 12.5. The summed E-state index contributed by atoms with van der Waals surface area (Å²) in [5.41, 5.74) is 0.408. The van der Waals surface area contributed by atoms with Gasteiger partial charge in [0, 0.05) is 31.9 Å². The molecule has 0 spiro atoms. The fourth-order valence-electron chi connectivity index (χ4n) is 3.95. The Bertz CT molecular complexity index is 546. The van der Waals surface area contributed by atoms with Crippen LogP contribution in [0.2, 0.25) is 0 Å². The number of likely N-dealkylation sites (tertiary alicyclic amines) is 1. The van der Waals surface area contributed by atoms with Gasteiger partial charge in [0.15, 0.2) is 0 Å². The Morgan fingerprint density at radius 2 is 1.85 bits per heavy atom. The molecule has 5 heteroatoms. The third-order valence-electron chi connectivity index (χ3n) is 5.59. The van der Waals surface area contributed by atoms with Gasteiger partial charge in [0.1, 0.15) is 5.82 Å². The van der Waals surface area contributed by atoms with E-state index in [1.807, 2.05) is 6.20 Å². The van der Waals surface area contributed by atoms with Crippen LogP contribution in [0, 0.1) is 5.41 Å². The largest absolute Gasteiger partial charge is 0.356 e. The lowest BCUT2D eigenvalue weighted by Gasteiger charge is -2.34. The molecule has 1 aromatic heterocycles. The molecule has 2 aliphatic heterocycles. The molecule has 1 aromatic rings. The van der Waals surface area contributed by atoms with Crippen molar-refractivity contribution in [2.75, 3.05) is 42.9 Å². The summed E-state index contributed by atoms with van der Waals surface area (Å²) < 4.78 is 0. The number of nitrogens with zero attached hydrogens (tertiary/aromatic N) is 4. The van der Waals surface area contributed by atoms with E-state index in [2.05, 4.69) is 46.9 Å². The molecule has 0 radical (unpaired) electrons. The van der Waals surface area contributed by atoms with E-state index in [4.69, 9.17) is 4.98 Å². The molecule has 26 heavy (non-hydrogen) atoms. The molecular formula is C21H37N5. The van der Waals surface area contributed by atoms with Gasteiger partial charge in [-0.25, -0.2) is 4.98 Å². The summed E-state index contributed by atoms with van der Waals surface area (Å²) in [4.78, 5) is 14.4. The van der Waals surface area contributed by atoms with Crippen LogP contribution in [0.3, 0.4) is 0 Å². The molecule has 1 unspecified atom stereocenters. The van der Waals surface area contributed by atoms with E-state index in [1.165, 1.54) is 58.0 Å². The van der Waals surface area contributed by atoms with Crippen molar-refractivity contribution >= 4 is 11.8 Å². The minimum Gasteiger partial charge on any atom is -0.356 e. The van der Waals surface area contributed by atoms with Crippen LogP contribution in [-0.2, 0) is 0 Å². The quantitative estimate of drug-likeness (QED) is 0.855. The Morgan fingerprint density at radius 3 is 2.58 bits per heavy atom. The Balaban J connectivity index is 1.55. The Morgan fingerprint density at radius 1 is 1.08 bits per heavy atom. The van der Waals surface area contributed by atoms with Gasteiger partial charge in [0.2, 0.25) is 5.95 Å². The molecule has 1 atom stereocenters. The Labute approximate surface area is 159 Å². The highest BCUT2D eigenvalue weighted by Crippen LogP contribution is 2.22. The van der Waals surface area contributed by atoms with E-state index in [0.717, 1.165) is 31.4 Å². The van der Waals surface area contributed by atoms with Crippen molar-refractivity contribution < 1.29 is 0 Å². The van der Waals surface area contributed by atoms with Gasteiger partial charge >= 0.3 is 0 Å². The van der Waals surface area contributed by atoms with E-state index >= 15 is 0 Å². The van der Waals surface area contributed by atoms with E-state index in [-0.39, 0.29) is 0 Å². The smallest absolute Gasteiger partial charge is 0.224 e. The molecule has 3 rings (SSSR count). The number of rotatable bonds is 5. The fraction of sp³-hybridized carbons (Fsp3) is 0.810. The monoisotopic (exact) mass is 359 g/mol. The van der Waals surface area contributed by atoms with Crippen LogP contribution in [0.1, 0.15) is 65.7 Å². The zero-order valence-electron chi connectivity index (χ0n) is 17.0. The second kappa shape index (κ2) is 9.03. The summed E-state index contributed by atoms with van der Waals surface area (Å²) in [5, 5.41) is 3.61. The molecule has 2 saturated heterocycles. The van der Waals surface area contributed by atoms with E-state index < -0.39 is 0 Å². The lowest BCUT2D eigenvalue weighted by Crippen LogP contribution is -2.43. The van der Waals surface area contributed by atoms with Crippen LogP contribution in [0.25, 0.3) is 0 Å². The summed E-state index contributed by atoms with van der Waals surface area (Å²) in [6.07, 6.45) is 10.9. The van der Waals surface area contributed by atoms with E-state index in [9.17, 15) is 0 Å². The molecule has 0 aromatic carbocycles. The molecule has 0 bridgehead atoms. The van der Waals surface area contributed by atoms with Gasteiger partial charge in [-0.1, -0.05) is 33.6 Å². The van der Waals surface area contributed by atoms with Crippen molar-refractivity contribution in [3.05, 3.63) is 12.3 Å². The van der Waals surface area contributed by atoms with Crippen molar-refractivity contribution in [3.63, 3.8) is 0 Å². The Kier molecular flexibility index (Phi) is 6.74. The second-order valence-electron chi connectivity index (χ2n) is 9.23. The first-order valence-electron chi connectivity index (χ1n) is 10.6. The van der Waals surface area contributed by atoms with Gasteiger partial charge in [0.25, 0.3) is 0 Å². The minimum atomic E-state index is 0.408. The number of hydrogen-bond donors (Lipinski definition) is 1. The Hall–Kier alpha value is -1.36. The van der Waals surface area contributed by atoms with Gasteiger partial charge in [-0.2, -0.15) is 4.98 Å². The van der Waals surface area contributed by atoms with Crippen LogP contribution in [0.5, 0.6) is 0 Å². The molecule has 1 N–H and O–H groups in total. The molecular weight excluding hydrogens is 322 g/mol. The standard InChI is InChI=1S/C21H37N5/c1-21(2,3)11-16-25-13-8-9-18(17-25)23-20-22-12-10-19(24-20)26-14-6-4-5-7-15-26/h10,12,18H,4-9,11,13-17H2,1-3H3,(H,22,23,24). The highest BCUT2D eigenvalue weighted by molar-refractivity contribution is 5.43. The van der Waals surface area contributed by atoms with E-state index in [1.54, 1.807) is 0 Å². The zero-order chi connectivity index (χ0) is 18.4. The maximum absolute atomic E-state index is 4.83. The highest BCUT2D eigenvalue weighted by Gasteiger charge is 2.22. The van der Waals surface area contributed by atoms with Crippen molar-refractivity contribution in [2.24, 2.45) is 5.41 Å². The SMILES string of the molecule is CC(C)(C)CCN1CCCC(Nc2nccc(N3CCCCCC3)n2)C1. The lowest BCUT2D eigenvalue weighted by atomic mass is 9.91. The fourth-order valence-corrected chi connectivity index (χ4v) is 3.95. The van der Waals surface area contributed by atoms with Gasteiger partial charge < -0.3 is 15.1 Å². The van der Waals surface area contributed by atoms with Gasteiger partial charge in [0.05, 0.1) is 0 Å². The maximum atomic E-state index is 4.83. The summed E-state index contributed by atoms with van der Waals surface area (Å²) >= 11 is 0. The van der Waals surface area contributed by atoms with Gasteiger partial charge in [-0.15, -0.1) is 0 Å². The maximum Gasteiger partial charge on any atom is 0.224 e. The van der Waals surface area contributed by atoms with Gasteiger partial charge in [-0.3, -0.25) is 0 Å². The van der Waals surface area contributed by atoms with Crippen molar-refractivity contribution in [3.8, 4) is 0 Å². The predicted molar refractivity (Wildman–Crippen MR) is 110 cm³/mol. The van der Waals surface area contributed by atoms with Crippen LogP contribution in [0.4, 0.5) is 11.8 Å². The summed E-state index contributed by atoms with van der Waals surface area (Å²) in [7, 11) is 0. The third kappa shape index (κ3) is 6.11. The normalized spacial score (nSPS) is 22.9. The first-order valence-corrected chi connectivity index (χ1v) is 10.6. The third-order valence-corrected chi connectivity index (χ3v) is 5.59. The average Bonchev–Trinajstić information content (AvgIpc) is 2.89. The molecule has 3 heterocycles. The topological polar surface area (TPSA) is 44.3 Å². The molecule has 2 fully saturated rings. The number of anilines is 2. The molecule has 0 saturated carbocycles. The summed E-state index contributed by atoms with van der Waals surface area (Å²) in [5.74, 6) is 1.89. The van der Waals surface area contributed by atoms with Crippen LogP contribution in [-0.4, -0.2) is 53.6 Å². The first kappa shape index (κ1) is 19.4. The van der Waals surface area contributed by atoms with Gasteiger partial charge in [-0.05, 0) is 56.7 Å². The number of nitrogens with one attached hydrogen (secondary N) is 1. The molecule has 0 aliphatic carbocycles. The van der Waals surface area contributed by atoms with Crippen molar-refractivity contribution in [1.29, 1.82) is 0 Å². The van der Waals surface area contributed by atoms with Crippen molar-refractivity contribution in [2.45, 2.75) is 71.8 Å². The van der Waals surface area contributed by atoms with E-state index in [0.29, 0.717) is 11.5 Å². The van der Waals surface area contributed by atoms with Crippen LogP contribution in [0.15, 0.2) is 12.3 Å². The zero-order valence-corrected chi connectivity index (χ0v) is 17.0. The molecule has 2 aliphatic rings. The predicted octanol–water partition coefficient (Wildman–Crippen LogP) is 4.17. The second-order valence-corrected chi connectivity index (χ2v) is 9.23. The number of piperidine rings is 1. The summed E-state index contributed by atoms with van der Waals surface area (Å²) in [6.45, 7) is 12.8. The minimum absolute atomic E-state index is 0.408. The lowest BCUT2D eigenvalue weighted by molar-refractivity contribution is 0.187. The van der Waals surface area contributed by atoms with Crippen molar-refractivity contribution in [1.82, 2.24) is 14.9 Å². The molecule has 5 nitrogen and oxygen atoms in total. The van der Waals surface area contributed by atoms with Crippen LogP contribution < -0.4 is 10.2 Å². The number of aromatic nitrogens is 2. The average molecular weight is 360 g/mol.